The van der Waals surface area contributed by atoms with Crippen LogP contribution in [0.2, 0.25) is 0 Å². The molecule has 0 saturated carbocycles. The predicted octanol–water partition coefficient (Wildman–Crippen LogP) is 4.63. The van der Waals surface area contributed by atoms with Crippen molar-refractivity contribution < 1.29 is 4.79 Å². The highest BCUT2D eigenvalue weighted by Crippen LogP contribution is 2.34. The molecule has 0 fully saturated rings. The number of nitrogens with zero attached hydrogens (tertiary/aromatic N) is 2. The van der Waals surface area contributed by atoms with E-state index < -0.39 is 0 Å². The molecule has 148 valence electrons. The summed E-state index contributed by atoms with van der Waals surface area (Å²) < 4.78 is 1.60. The van der Waals surface area contributed by atoms with E-state index in [0.29, 0.717) is 27.8 Å². The number of thioether (sulfide) groups is 1. The largest absolute Gasteiger partial charge is 0.353 e. The Hall–Kier alpha value is -1.90. The molecule has 8 heteroatoms. The minimum atomic E-state index is -0.0898. The standard InChI is InChI=1S/C20H23N3O2S3/c1-5-8-23-19(25)17-14(15-7-6-9-26-15)10-27-18(17)22-20(23)28-11-16(24)21-13(4)12(2)3/h5-7,9-10,12-13H,1,8,11H2,2-4H3,(H,21,24). The fourth-order valence-electron chi connectivity index (χ4n) is 2.61. The van der Waals surface area contributed by atoms with Gasteiger partial charge in [0.05, 0.1) is 11.1 Å². The molecule has 3 rings (SSSR count). The Morgan fingerprint density at radius 2 is 2.18 bits per heavy atom. The van der Waals surface area contributed by atoms with Gasteiger partial charge in [0, 0.05) is 28.4 Å². The van der Waals surface area contributed by atoms with Gasteiger partial charge in [-0.15, -0.1) is 29.3 Å². The van der Waals surface area contributed by atoms with Crippen molar-refractivity contribution in [2.45, 2.75) is 38.5 Å². The highest BCUT2D eigenvalue weighted by atomic mass is 32.2. The average molecular weight is 434 g/mol. The van der Waals surface area contributed by atoms with Crippen molar-refractivity contribution in [1.29, 1.82) is 0 Å². The van der Waals surface area contributed by atoms with Gasteiger partial charge in [0.2, 0.25) is 5.91 Å². The Bertz CT molecular complexity index is 1040. The molecule has 1 atom stereocenters. The van der Waals surface area contributed by atoms with Gasteiger partial charge in [0.15, 0.2) is 5.16 Å². The number of thiophene rings is 2. The van der Waals surface area contributed by atoms with Gasteiger partial charge in [-0.1, -0.05) is 37.8 Å². The molecule has 1 amide bonds. The normalized spacial score (nSPS) is 12.4. The van der Waals surface area contributed by atoms with Crippen molar-refractivity contribution >= 4 is 50.6 Å². The Labute approximate surface area is 176 Å². The summed E-state index contributed by atoms with van der Waals surface area (Å²) in [6.45, 7) is 10.2. The maximum Gasteiger partial charge on any atom is 0.263 e. The highest BCUT2D eigenvalue weighted by molar-refractivity contribution is 7.99. The molecule has 1 unspecified atom stereocenters. The maximum atomic E-state index is 13.2. The first kappa shape index (κ1) is 20.8. The van der Waals surface area contributed by atoms with Crippen molar-refractivity contribution in [2.24, 2.45) is 5.92 Å². The molecule has 0 spiro atoms. The summed E-state index contributed by atoms with van der Waals surface area (Å²) in [5.41, 5.74) is 0.832. The Morgan fingerprint density at radius 3 is 2.82 bits per heavy atom. The van der Waals surface area contributed by atoms with Gasteiger partial charge in [-0.2, -0.15) is 0 Å². The lowest BCUT2D eigenvalue weighted by molar-refractivity contribution is -0.119. The Kier molecular flexibility index (Phi) is 6.74. The number of hydrogen-bond donors (Lipinski definition) is 1. The lowest BCUT2D eigenvalue weighted by Crippen LogP contribution is -2.37. The summed E-state index contributed by atoms with van der Waals surface area (Å²) in [4.78, 5) is 31.9. The van der Waals surface area contributed by atoms with E-state index in [2.05, 4.69) is 25.7 Å². The molecule has 0 aliphatic carbocycles. The average Bonchev–Trinajstić information content (AvgIpc) is 3.31. The number of carbonyl (C=O) groups excluding carboxylic acids is 1. The molecule has 3 heterocycles. The molecule has 1 N–H and O–H groups in total. The third-order valence-electron chi connectivity index (χ3n) is 4.48. The van der Waals surface area contributed by atoms with E-state index in [1.54, 1.807) is 22.0 Å². The summed E-state index contributed by atoms with van der Waals surface area (Å²) in [6.07, 6.45) is 1.68. The van der Waals surface area contributed by atoms with Gasteiger partial charge in [0.1, 0.15) is 4.83 Å². The number of nitrogens with one attached hydrogen (secondary N) is 1. The number of fused-ring (bicyclic) bond motifs is 1. The van der Waals surface area contributed by atoms with Crippen LogP contribution in [-0.4, -0.2) is 27.3 Å². The molecule has 0 aliphatic rings. The van der Waals surface area contributed by atoms with Gasteiger partial charge in [-0.05, 0) is 24.3 Å². The van der Waals surface area contributed by atoms with Crippen LogP contribution in [0.15, 0.2) is 45.5 Å². The topological polar surface area (TPSA) is 64.0 Å². The first-order valence-electron chi connectivity index (χ1n) is 9.01. The summed E-state index contributed by atoms with van der Waals surface area (Å²) in [5, 5.41) is 8.14. The molecule has 5 nitrogen and oxygen atoms in total. The van der Waals surface area contributed by atoms with Crippen molar-refractivity contribution in [3.8, 4) is 10.4 Å². The molecule has 0 aliphatic heterocycles. The third-order valence-corrected chi connectivity index (χ3v) is 7.23. The van der Waals surface area contributed by atoms with E-state index in [4.69, 9.17) is 4.98 Å². The van der Waals surface area contributed by atoms with E-state index in [0.717, 1.165) is 10.4 Å². The van der Waals surface area contributed by atoms with Crippen LogP contribution in [0.4, 0.5) is 0 Å². The van der Waals surface area contributed by atoms with Crippen molar-refractivity contribution in [2.75, 3.05) is 5.75 Å². The number of amides is 1. The van der Waals surface area contributed by atoms with E-state index in [-0.39, 0.29) is 23.3 Å². The highest BCUT2D eigenvalue weighted by Gasteiger charge is 2.18. The Morgan fingerprint density at radius 1 is 1.39 bits per heavy atom. The second kappa shape index (κ2) is 9.07. The quantitative estimate of drug-likeness (QED) is 0.320. The van der Waals surface area contributed by atoms with E-state index in [1.165, 1.54) is 23.1 Å². The molecular weight excluding hydrogens is 410 g/mol. The number of aromatic nitrogens is 2. The van der Waals surface area contributed by atoms with Gasteiger partial charge >= 0.3 is 0 Å². The first-order chi connectivity index (χ1) is 13.4. The number of allylic oxidation sites excluding steroid dienone is 1. The number of carbonyl (C=O) groups is 1. The van der Waals surface area contributed by atoms with Crippen LogP contribution in [0.5, 0.6) is 0 Å². The van der Waals surface area contributed by atoms with E-state index >= 15 is 0 Å². The molecular formula is C20H23N3O2S3. The smallest absolute Gasteiger partial charge is 0.263 e. The second-order valence-corrected chi connectivity index (χ2v) is 9.54. The minimum absolute atomic E-state index is 0.0591. The van der Waals surface area contributed by atoms with Crippen LogP contribution in [0, 0.1) is 5.92 Å². The zero-order valence-corrected chi connectivity index (χ0v) is 18.5. The zero-order valence-electron chi connectivity index (χ0n) is 16.1. The summed E-state index contributed by atoms with van der Waals surface area (Å²) in [7, 11) is 0. The first-order valence-corrected chi connectivity index (χ1v) is 11.8. The van der Waals surface area contributed by atoms with Gasteiger partial charge in [-0.3, -0.25) is 14.2 Å². The predicted molar refractivity (Wildman–Crippen MR) is 121 cm³/mol. The number of rotatable bonds is 8. The van der Waals surface area contributed by atoms with Crippen LogP contribution < -0.4 is 10.9 Å². The maximum absolute atomic E-state index is 13.2. The van der Waals surface area contributed by atoms with Gasteiger partial charge < -0.3 is 5.32 Å². The van der Waals surface area contributed by atoms with Crippen molar-refractivity contribution in [1.82, 2.24) is 14.9 Å². The summed E-state index contributed by atoms with van der Waals surface area (Å²) in [5.74, 6) is 0.523. The van der Waals surface area contributed by atoms with Crippen LogP contribution in [0.1, 0.15) is 20.8 Å². The molecule has 0 aromatic carbocycles. The monoisotopic (exact) mass is 433 g/mol. The summed E-state index contributed by atoms with van der Waals surface area (Å²) >= 11 is 4.35. The molecule has 0 bridgehead atoms. The fraction of sp³-hybridized carbons (Fsp3) is 0.350. The molecule has 28 heavy (non-hydrogen) atoms. The van der Waals surface area contributed by atoms with Crippen LogP contribution in [0.3, 0.4) is 0 Å². The molecule has 3 aromatic rings. The van der Waals surface area contributed by atoms with Crippen molar-refractivity contribution in [3.63, 3.8) is 0 Å². The van der Waals surface area contributed by atoms with Crippen molar-refractivity contribution in [3.05, 3.63) is 45.9 Å². The number of hydrogen-bond acceptors (Lipinski definition) is 6. The third kappa shape index (κ3) is 4.39. The Balaban J connectivity index is 1.92. The minimum Gasteiger partial charge on any atom is -0.353 e. The second-order valence-electron chi connectivity index (χ2n) is 6.79. The fourth-order valence-corrected chi connectivity index (χ4v) is 5.23. The van der Waals surface area contributed by atoms with E-state index in [9.17, 15) is 9.59 Å². The lowest BCUT2D eigenvalue weighted by Gasteiger charge is -2.17. The van der Waals surface area contributed by atoms with Gasteiger partial charge in [0.25, 0.3) is 5.56 Å². The van der Waals surface area contributed by atoms with Crippen LogP contribution >= 0.6 is 34.4 Å². The SMILES string of the molecule is C=CCn1c(SCC(=O)NC(C)C(C)C)nc2scc(-c3cccs3)c2c1=O. The van der Waals surface area contributed by atoms with Gasteiger partial charge in [-0.25, -0.2) is 4.98 Å². The van der Waals surface area contributed by atoms with Crippen LogP contribution in [-0.2, 0) is 11.3 Å². The molecule has 0 radical (unpaired) electrons. The zero-order chi connectivity index (χ0) is 20.3. The van der Waals surface area contributed by atoms with Crippen LogP contribution in [0.25, 0.3) is 20.7 Å². The molecule has 3 aromatic heterocycles. The lowest BCUT2D eigenvalue weighted by atomic mass is 10.1. The van der Waals surface area contributed by atoms with E-state index in [1.807, 2.05) is 29.8 Å². The summed E-state index contributed by atoms with van der Waals surface area (Å²) in [6, 6.07) is 4.08. The molecule has 0 saturated heterocycles.